The predicted octanol–water partition coefficient (Wildman–Crippen LogP) is 2.36. The molecule has 0 aliphatic rings. The second kappa shape index (κ2) is 4.57. The monoisotopic (exact) mass is 251 g/mol. The Labute approximate surface area is 110 Å². The molecule has 1 aromatic carbocycles. The number of imidazole rings is 1. The van der Waals surface area contributed by atoms with Gasteiger partial charge >= 0.3 is 0 Å². The lowest BCUT2D eigenvalue weighted by Crippen LogP contribution is -2.18. The van der Waals surface area contributed by atoms with Gasteiger partial charge < -0.3 is 9.72 Å². The number of aromatic nitrogens is 2. The van der Waals surface area contributed by atoms with Crippen molar-refractivity contribution in [3.8, 4) is 11.1 Å². The molecule has 94 valence electrons. The summed E-state index contributed by atoms with van der Waals surface area (Å²) in [6, 6.07) is 11.5. The molecule has 1 amide bonds. The largest absolute Gasteiger partial charge is 0.355 e. The van der Waals surface area contributed by atoms with Gasteiger partial charge in [0.05, 0.1) is 0 Å². The second-order valence-electron chi connectivity index (χ2n) is 4.24. The van der Waals surface area contributed by atoms with Gasteiger partial charge in [-0.1, -0.05) is 18.2 Å². The van der Waals surface area contributed by atoms with Gasteiger partial charge in [0.25, 0.3) is 5.91 Å². The van der Waals surface area contributed by atoms with E-state index >= 15 is 0 Å². The molecule has 0 radical (unpaired) electrons. The number of pyridine rings is 1. The average Bonchev–Trinajstić information content (AvgIpc) is 2.93. The number of hydrogen-bond acceptors (Lipinski definition) is 2. The van der Waals surface area contributed by atoms with Gasteiger partial charge in [-0.05, 0) is 29.3 Å². The number of nitrogens with zero attached hydrogens (tertiary/aromatic N) is 2. The molecule has 0 aliphatic heterocycles. The maximum atomic E-state index is 11.9. The Balaban J connectivity index is 2.17. The van der Waals surface area contributed by atoms with E-state index in [0.717, 1.165) is 16.8 Å². The van der Waals surface area contributed by atoms with E-state index in [0.29, 0.717) is 5.56 Å². The zero-order valence-electron chi connectivity index (χ0n) is 10.5. The van der Waals surface area contributed by atoms with Crippen molar-refractivity contribution in [3.63, 3.8) is 0 Å². The van der Waals surface area contributed by atoms with Crippen LogP contribution < -0.4 is 5.32 Å². The van der Waals surface area contributed by atoms with Gasteiger partial charge in [0.15, 0.2) is 0 Å². The Morgan fingerprint density at radius 2 is 2.05 bits per heavy atom. The van der Waals surface area contributed by atoms with Crippen LogP contribution in [0.3, 0.4) is 0 Å². The van der Waals surface area contributed by atoms with E-state index in [2.05, 4.69) is 10.3 Å². The van der Waals surface area contributed by atoms with Crippen molar-refractivity contribution in [2.45, 2.75) is 0 Å². The van der Waals surface area contributed by atoms with Gasteiger partial charge in [-0.25, -0.2) is 4.98 Å². The first kappa shape index (κ1) is 11.5. The van der Waals surface area contributed by atoms with Crippen molar-refractivity contribution in [3.05, 3.63) is 60.6 Å². The number of nitrogens with one attached hydrogen (secondary N) is 1. The van der Waals surface area contributed by atoms with Crippen LogP contribution in [-0.2, 0) is 0 Å². The van der Waals surface area contributed by atoms with E-state index in [9.17, 15) is 4.79 Å². The topological polar surface area (TPSA) is 46.4 Å². The van der Waals surface area contributed by atoms with Crippen LogP contribution in [0.4, 0.5) is 0 Å². The molecule has 0 atom stereocenters. The molecule has 0 bridgehead atoms. The third kappa shape index (κ3) is 1.97. The van der Waals surface area contributed by atoms with Gasteiger partial charge in [-0.2, -0.15) is 0 Å². The number of carbonyl (C=O) groups excluding carboxylic acids is 1. The lowest BCUT2D eigenvalue weighted by atomic mass is 10.0. The summed E-state index contributed by atoms with van der Waals surface area (Å²) in [5, 5.41) is 2.67. The van der Waals surface area contributed by atoms with E-state index in [-0.39, 0.29) is 5.91 Å². The molecular formula is C15H13N3O. The minimum absolute atomic E-state index is 0.0821. The Hall–Kier alpha value is -2.62. The summed E-state index contributed by atoms with van der Waals surface area (Å²) in [4.78, 5) is 16.1. The Morgan fingerprint density at radius 1 is 1.21 bits per heavy atom. The molecule has 2 aromatic heterocycles. The van der Waals surface area contributed by atoms with E-state index in [1.165, 1.54) is 0 Å². The van der Waals surface area contributed by atoms with Crippen LogP contribution in [0.25, 0.3) is 16.8 Å². The zero-order valence-corrected chi connectivity index (χ0v) is 10.5. The number of hydrogen-bond donors (Lipinski definition) is 1. The Morgan fingerprint density at radius 3 is 2.89 bits per heavy atom. The molecule has 3 aromatic rings. The quantitative estimate of drug-likeness (QED) is 0.760. The fourth-order valence-electron chi connectivity index (χ4n) is 2.15. The molecular weight excluding hydrogens is 238 g/mol. The highest BCUT2D eigenvalue weighted by atomic mass is 16.1. The molecule has 19 heavy (non-hydrogen) atoms. The van der Waals surface area contributed by atoms with E-state index in [1.807, 2.05) is 53.2 Å². The van der Waals surface area contributed by atoms with E-state index in [4.69, 9.17) is 0 Å². The SMILES string of the molecule is CNC(=O)c1ccccc1-c1ccc2nccn2c1. The molecule has 4 heteroatoms. The van der Waals surface area contributed by atoms with Crippen molar-refractivity contribution in [1.29, 1.82) is 0 Å². The summed E-state index contributed by atoms with van der Waals surface area (Å²) in [6.45, 7) is 0. The van der Waals surface area contributed by atoms with Gasteiger partial charge in [-0.3, -0.25) is 4.79 Å². The maximum absolute atomic E-state index is 11.9. The molecule has 0 spiro atoms. The lowest BCUT2D eigenvalue weighted by molar-refractivity contribution is 0.0963. The highest BCUT2D eigenvalue weighted by molar-refractivity contribution is 6.00. The molecule has 4 nitrogen and oxygen atoms in total. The number of benzene rings is 1. The van der Waals surface area contributed by atoms with Crippen LogP contribution in [0.5, 0.6) is 0 Å². The summed E-state index contributed by atoms with van der Waals surface area (Å²) >= 11 is 0. The van der Waals surface area contributed by atoms with Crippen molar-refractivity contribution < 1.29 is 4.79 Å². The number of amides is 1. The standard InChI is InChI=1S/C15H13N3O/c1-16-15(19)13-5-3-2-4-12(13)11-6-7-14-17-8-9-18(14)10-11/h2-10H,1H3,(H,16,19). The van der Waals surface area contributed by atoms with E-state index in [1.54, 1.807) is 13.2 Å². The van der Waals surface area contributed by atoms with Crippen LogP contribution in [0.1, 0.15) is 10.4 Å². The fraction of sp³-hybridized carbons (Fsp3) is 0.0667. The molecule has 0 fully saturated rings. The lowest BCUT2D eigenvalue weighted by Gasteiger charge is -2.08. The Kier molecular flexibility index (Phi) is 2.76. The van der Waals surface area contributed by atoms with Crippen LogP contribution >= 0.6 is 0 Å². The third-order valence-electron chi connectivity index (χ3n) is 3.10. The molecule has 3 rings (SSSR count). The summed E-state index contributed by atoms with van der Waals surface area (Å²) < 4.78 is 1.94. The first-order valence-electron chi connectivity index (χ1n) is 6.04. The first-order valence-corrected chi connectivity index (χ1v) is 6.04. The highest BCUT2D eigenvalue weighted by Gasteiger charge is 2.11. The van der Waals surface area contributed by atoms with Crippen LogP contribution in [0.2, 0.25) is 0 Å². The number of rotatable bonds is 2. The van der Waals surface area contributed by atoms with Gasteiger partial charge in [0, 0.05) is 31.2 Å². The van der Waals surface area contributed by atoms with Crippen molar-refractivity contribution in [2.24, 2.45) is 0 Å². The minimum Gasteiger partial charge on any atom is -0.355 e. The molecule has 0 unspecified atom stereocenters. The summed E-state index contributed by atoms with van der Waals surface area (Å²) in [5.74, 6) is -0.0821. The van der Waals surface area contributed by atoms with Crippen molar-refractivity contribution in [1.82, 2.24) is 14.7 Å². The molecule has 0 saturated carbocycles. The Bertz CT molecular complexity index is 746. The minimum atomic E-state index is -0.0821. The smallest absolute Gasteiger partial charge is 0.251 e. The summed E-state index contributed by atoms with van der Waals surface area (Å²) in [5.41, 5.74) is 3.47. The average molecular weight is 251 g/mol. The molecule has 0 aliphatic carbocycles. The highest BCUT2D eigenvalue weighted by Crippen LogP contribution is 2.24. The number of fused-ring (bicyclic) bond motifs is 1. The summed E-state index contributed by atoms with van der Waals surface area (Å²) in [6.07, 6.45) is 5.62. The fourth-order valence-corrected chi connectivity index (χ4v) is 2.15. The first-order chi connectivity index (χ1) is 9.29. The van der Waals surface area contributed by atoms with Gasteiger partial charge in [0.1, 0.15) is 5.65 Å². The van der Waals surface area contributed by atoms with Crippen molar-refractivity contribution >= 4 is 11.6 Å². The summed E-state index contributed by atoms with van der Waals surface area (Å²) in [7, 11) is 1.64. The number of carbonyl (C=O) groups is 1. The predicted molar refractivity (Wildman–Crippen MR) is 74.0 cm³/mol. The van der Waals surface area contributed by atoms with Crippen LogP contribution in [0.15, 0.2) is 55.0 Å². The molecule has 0 saturated heterocycles. The normalized spacial score (nSPS) is 10.6. The second-order valence-corrected chi connectivity index (χ2v) is 4.24. The van der Waals surface area contributed by atoms with Crippen LogP contribution in [0, 0.1) is 0 Å². The molecule has 2 heterocycles. The van der Waals surface area contributed by atoms with E-state index < -0.39 is 0 Å². The third-order valence-corrected chi connectivity index (χ3v) is 3.10. The molecule has 1 N–H and O–H groups in total. The van der Waals surface area contributed by atoms with Crippen LogP contribution in [-0.4, -0.2) is 22.3 Å². The van der Waals surface area contributed by atoms with Gasteiger partial charge in [-0.15, -0.1) is 0 Å². The van der Waals surface area contributed by atoms with Gasteiger partial charge in [0.2, 0.25) is 0 Å². The zero-order chi connectivity index (χ0) is 13.2. The van der Waals surface area contributed by atoms with Crippen molar-refractivity contribution in [2.75, 3.05) is 7.05 Å². The maximum Gasteiger partial charge on any atom is 0.251 e.